The van der Waals surface area contributed by atoms with Gasteiger partial charge in [0.15, 0.2) is 16.9 Å². The average Bonchev–Trinajstić information content (AvgIpc) is 3.15. The largest absolute Gasteiger partial charge is 0.493 e. The van der Waals surface area contributed by atoms with E-state index in [1.807, 2.05) is 31.2 Å². The van der Waals surface area contributed by atoms with E-state index in [0.29, 0.717) is 46.4 Å². The standard InChI is InChI=1S/C28H26N2O5/c1-16(2)15-34-21-10-9-18(14-22(21)33-4)25-24-26(31)19-7-5-6-8-20(19)35-27(24)28(32)30(25)23-13-17(3)11-12-29-23/h5-14,16,25H,15H2,1-4H3. The van der Waals surface area contributed by atoms with Gasteiger partial charge in [-0.2, -0.15) is 0 Å². The number of aryl methyl sites for hydroxylation is 1. The summed E-state index contributed by atoms with van der Waals surface area (Å²) in [4.78, 5) is 33.3. The summed E-state index contributed by atoms with van der Waals surface area (Å²) in [5.74, 6) is 1.52. The number of carbonyl (C=O) groups is 1. The molecule has 4 aromatic rings. The molecule has 1 aliphatic heterocycles. The van der Waals surface area contributed by atoms with Gasteiger partial charge in [0.2, 0.25) is 5.76 Å². The van der Waals surface area contributed by atoms with Crippen LogP contribution < -0.4 is 19.8 Å². The number of fused-ring (bicyclic) bond motifs is 2. The highest BCUT2D eigenvalue weighted by atomic mass is 16.5. The Morgan fingerprint density at radius 3 is 2.60 bits per heavy atom. The summed E-state index contributed by atoms with van der Waals surface area (Å²) >= 11 is 0. The van der Waals surface area contributed by atoms with E-state index in [1.165, 1.54) is 4.90 Å². The third-order valence-electron chi connectivity index (χ3n) is 6.00. The molecule has 35 heavy (non-hydrogen) atoms. The summed E-state index contributed by atoms with van der Waals surface area (Å²) in [5.41, 5.74) is 2.05. The smallest absolute Gasteiger partial charge is 0.296 e. The fourth-order valence-corrected chi connectivity index (χ4v) is 4.35. The van der Waals surface area contributed by atoms with Gasteiger partial charge in [-0.25, -0.2) is 4.98 Å². The van der Waals surface area contributed by atoms with Gasteiger partial charge in [-0.3, -0.25) is 14.5 Å². The first-order chi connectivity index (χ1) is 16.9. The lowest BCUT2D eigenvalue weighted by Crippen LogP contribution is -2.30. The van der Waals surface area contributed by atoms with Crippen LogP contribution >= 0.6 is 0 Å². The lowest BCUT2D eigenvalue weighted by Gasteiger charge is -2.25. The number of nitrogens with zero attached hydrogens (tertiary/aromatic N) is 2. The summed E-state index contributed by atoms with van der Waals surface area (Å²) in [6.07, 6.45) is 1.65. The Balaban J connectivity index is 1.72. The third kappa shape index (κ3) is 3.93. The normalized spacial score (nSPS) is 15.1. The highest BCUT2D eigenvalue weighted by Crippen LogP contribution is 2.42. The van der Waals surface area contributed by atoms with Crippen LogP contribution in [0.2, 0.25) is 0 Å². The van der Waals surface area contributed by atoms with E-state index in [2.05, 4.69) is 18.8 Å². The Hall–Kier alpha value is -4.13. The number of carbonyl (C=O) groups excluding carboxylic acids is 1. The first-order valence-electron chi connectivity index (χ1n) is 11.5. The predicted molar refractivity (Wildman–Crippen MR) is 133 cm³/mol. The second-order valence-corrected chi connectivity index (χ2v) is 9.05. The van der Waals surface area contributed by atoms with Crippen LogP contribution in [-0.2, 0) is 0 Å². The molecule has 178 valence electrons. The number of rotatable bonds is 6. The Bertz CT molecular complexity index is 1490. The van der Waals surface area contributed by atoms with Crippen molar-refractivity contribution < 1.29 is 18.7 Å². The average molecular weight is 471 g/mol. The molecule has 0 saturated carbocycles. The van der Waals surface area contributed by atoms with Crippen molar-refractivity contribution in [3.63, 3.8) is 0 Å². The number of hydrogen-bond donors (Lipinski definition) is 0. The van der Waals surface area contributed by atoms with Crippen LogP contribution in [0.3, 0.4) is 0 Å². The topological polar surface area (TPSA) is 81.9 Å². The van der Waals surface area contributed by atoms with Crippen molar-refractivity contribution in [2.45, 2.75) is 26.8 Å². The van der Waals surface area contributed by atoms with Crippen molar-refractivity contribution in [3.05, 3.63) is 93.5 Å². The van der Waals surface area contributed by atoms with Gasteiger partial charge in [0, 0.05) is 6.20 Å². The maximum absolute atomic E-state index is 13.7. The summed E-state index contributed by atoms with van der Waals surface area (Å²) in [5, 5.41) is 0.423. The minimum atomic E-state index is -0.735. The quantitative estimate of drug-likeness (QED) is 0.381. The third-order valence-corrected chi connectivity index (χ3v) is 6.00. The molecule has 3 heterocycles. The monoisotopic (exact) mass is 470 g/mol. The van der Waals surface area contributed by atoms with Crippen LogP contribution in [0.25, 0.3) is 11.0 Å². The number of aromatic nitrogens is 1. The van der Waals surface area contributed by atoms with Gasteiger partial charge in [0.1, 0.15) is 11.4 Å². The minimum Gasteiger partial charge on any atom is -0.493 e. The van der Waals surface area contributed by atoms with Crippen molar-refractivity contribution >= 4 is 22.7 Å². The number of methoxy groups -OCH3 is 1. The summed E-state index contributed by atoms with van der Waals surface area (Å²) in [6, 6.07) is 15.4. The van der Waals surface area contributed by atoms with Crippen LogP contribution in [-0.4, -0.2) is 24.6 Å². The Morgan fingerprint density at radius 1 is 1.06 bits per heavy atom. The van der Waals surface area contributed by atoms with Crippen molar-refractivity contribution in [1.29, 1.82) is 0 Å². The molecular formula is C28H26N2O5. The molecule has 0 fully saturated rings. The van der Waals surface area contributed by atoms with Gasteiger partial charge in [-0.1, -0.05) is 32.0 Å². The van der Waals surface area contributed by atoms with E-state index in [4.69, 9.17) is 13.9 Å². The lowest BCUT2D eigenvalue weighted by atomic mass is 9.98. The van der Waals surface area contributed by atoms with Crippen LogP contribution in [0.1, 0.15) is 47.1 Å². The molecule has 1 atom stereocenters. The Labute approximate surface area is 202 Å². The van der Waals surface area contributed by atoms with E-state index < -0.39 is 11.9 Å². The van der Waals surface area contributed by atoms with E-state index in [9.17, 15) is 9.59 Å². The Morgan fingerprint density at radius 2 is 1.86 bits per heavy atom. The second-order valence-electron chi connectivity index (χ2n) is 9.05. The summed E-state index contributed by atoms with van der Waals surface area (Å²) < 4.78 is 17.5. The molecule has 0 spiro atoms. The predicted octanol–water partition coefficient (Wildman–Crippen LogP) is 5.29. The van der Waals surface area contributed by atoms with Gasteiger partial charge < -0.3 is 13.9 Å². The molecular weight excluding hydrogens is 444 g/mol. The van der Waals surface area contributed by atoms with Crippen LogP contribution in [0.4, 0.5) is 5.82 Å². The molecule has 7 nitrogen and oxygen atoms in total. The van der Waals surface area contributed by atoms with Crippen LogP contribution in [0.15, 0.2) is 70.0 Å². The maximum Gasteiger partial charge on any atom is 0.296 e. The molecule has 0 aliphatic carbocycles. The zero-order valence-electron chi connectivity index (χ0n) is 20.1. The molecule has 0 bridgehead atoms. The van der Waals surface area contributed by atoms with Gasteiger partial charge in [-0.15, -0.1) is 0 Å². The first kappa shape index (κ1) is 22.7. The minimum absolute atomic E-state index is 0.0288. The molecule has 0 radical (unpaired) electrons. The number of anilines is 1. The lowest BCUT2D eigenvalue weighted by molar-refractivity contribution is 0.0970. The number of hydrogen-bond acceptors (Lipinski definition) is 6. The number of benzene rings is 2. The summed E-state index contributed by atoms with van der Waals surface area (Å²) in [6.45, 7) is 6.60. The maximum atomic E-state index is 13.7. The van der Waals surface area contributed by atoms with E-state index in [-0.39, 0.29) is 16.8 Å². The molecule has 7 heteroatoms. The first-order valence-corrected chi connectivity index (χ1v) is 11.5. The zero-order chi connectivity index (χ0) is 24.7. The number of ether oxygens (including phenoxy) is 2. The SMILES string of the molecule is COc1cc(C2c3c(oc4ccccc4c3=O)C(=O)N2c2cc(C)ccn2)ccc1OCC(C)C. The van der Waals surface area contributed by atoms with Crippen molar-refractivity contribution in [2.75, 3.05) is 18.6 Å². The van der Waals surface area contributed by atoms with Gasteiger partial charge in [0.05, 0.1) is 30.7 Å². The number of pyridine rings is 1. The molecule has 0 saturated heterocycles. The highest BCUT2D eigenvalue weighted by molar-refractivity contribution is 6.10. The molecule has 1 unspecified atom stereocenters. The molecule has 1 aliphatic rings. The second kappa shape index (κ2) is 8.91. The summed E-state index contributed by atoms with van der Waals surface area (Å²) in [7, 11) is 1.57. The highest BCUT2D eigenvalue weighted by Gasteiger charge is 2.44. The fourth-order valence-electron chi connectivity index (χ4n) is 4.35. The molecule has 2 aromatic heterocycles. The van der Waals surface area contributed by atoms with Crippen molar-refractivity contribution in [3.8, 4) is 11.5 Å². The van der Waals surface area contributed by atoms with E-state index in [0.717, 1.165) is 5.56 Å². The number of para-hydroxylation sites is 1. The van der Waals surface area contributed by atoms with Gasteiger partial charge in [0.25, 0.3) is 5.91 Å². The van der Waals surface area contributed by atoms with E-state index >= 15 is 0 Å². The molecule has 0 N–H and O–H groups in total. The van der Waals surface area contributed by atoms with Crippen LogP contribution in [0.5, 0.6) is 11.5 Å². The number of amides is 1. The van der Waals surface area contributed by atoms with Crippen molar-refractivity contribution in [1.82, 2.24) is 4.98 Å². The Kier molecular flexibility index (Phi) is 5.76. The van der Waals surface area contributed by atoms with Crippen LogP contribution in [0, 0.1) is 12.8 Å². The molecule has 5 rings (SSSR count). The fraction of sp³-hybridized carbons (Fsp3) is 0.250. The van der Waals surface area contributed by atoms with Crippen molar-refractivity contribution in [2.24, 2.45) is 5.92 Å². The van der Waals surface area contributed by atoms with E-state index in [1.54, 1.807) is 43.6 Å². The molecule has 1 amide bonds. The van der Waals surface area contributed by atoms with Gasteiger partial charge >= 0.3 is 0 Å². The molecule has 2 aromatic carbocycles. The van der Waals surface area contributed by atoms with Gasteiger partial charge in [-0.05, 0) is 60.4 Å². The zero-order valence-corrected chi connectivity index (χ0v) is 20.1.